The standard InChI is InChI=1S/C13H14N2O10S4/c1-26(16,17)14-9-2-4-11(5-3-9)27(18,19)15-10-6-12(28(20,21)22)8-13(7-10)29(23,24)25/h2-8,14-15H,1H3,(H,20,21,22)(H,23,24,25). The number of hydrogen-bond acceptors (Lipinski definition) is 8. The Morgan fingerprint density at radius 2 is 1.07 bits per heavy atom. The summed E-state index contributed by atoms with van der Waals surface area (Å²) in [5.74, 6) is 0. The van der Waals surface area contributed by atoms with Crippen molar-refractivity contribution in [2.75, 3.05) is 15.7 Å². The van der Waals surface area contributed by atoms with Crippen LogP contribution in [0.1, 0.15) is 0 Å². The highest BCUT2D eigenvalue weighted by Crippen LogP contribution is 2.25. The van der Waals surface area contributed by atoms with Gasteiger partial charge in [0.15, 0.2) is 0 Å². The SMILES string of the molecule is CS(=O)(=O)Nc1ccc(S(=O)(=O)Nc2cc(S(=O)(=O)O)cc(S(=O)(=O)O)c2)cc1. The number of anilines is 2. The van der Waals surface area contributed by atoms with Crippen LogP contribution >= 0.6 is 0 Å². The molecular formula is C13H14N2O10S4. The van der Waals surface area contributed by atoms with E-state index in [1.165, 1.54) is 0 Å². The molecule has 0 aromatic heterocycles. The average Bonchev–Trinajstić information content (AvgIpc) is 2.51. The maximum Gasteiger partial charge on any atom is 0.294 e. The van der Waals surface area contributed by atoms with E-state index in [4.69, 9.17) is 9.11 Å². The van der Waals surface area contributed by atoms with Gasteiger partial charge in [0.05, 0.1) is 26.6 Å². The van der Waals surface area contributed by atoms with Crippen molar-refractivity contribution < 1.29 is 42.8 Å². The Kier molecular flexibility index (Phi) is 5.99. The Balaban J connectivity index is 2.46. The first-order valence-electron chi connectivity index (χ1n) is 7.18. The van der Waals surface area contributed by atoms with Crippen LogP contribution in [-0.2, 0) is 40.3 Å². The molecule has 4 N–H and O–H groups in total. The predicted molar refractivity (Wildman–Crippen MR) is 102 cm³/mol. The molecule has 16 heteroatoms. The zero-order valence-electron chi connectivity index (χ0n) is 14.3. The summed E-state index contributed by atoms with van der Waals surface area (Å²) in [5.41, 5.74) is -0.500. The van der Waals surface area contributed by atoms with Gasteiger partial charge >= 0.3 is 0 Å². The quantitative estimate of drug-likeness (QED) is 0.396. The average molecular weight is 487 g/mol. The van der Waals surface area contributed by atoms with E-state index in [1.54, 1.807) is 0 Å². The summed E-state index contributed by atoms with van der Waals surface area (Å²) in [5, 5.41) is 0. The van der Waals surface area contributed by atoms with Crippen molar-refractivity contribution in [2.24, 2.45) is 0 Å². The molecule has 0 saturated carbocycles. The maximum absolute atomic E-state index is 12.4. The lowest BCUT2D eigenvalue weighted by atomic mass is 10.3. The monoisotopic (exact) mass is 486 g/mol. The Labute approximate surface area is 167 Å². The minimum Gasteiger partial charge on any atom is -0.284 e. The highest BCUT2D eigenvalue weighted by molar-refractivity contribution is 7.93. The Bertz CT molecular complexity index is 1310. The summed E-state index contributed by atoms with van der Waals surface area (Å²) in [6.07, 6.45) is 0.897. The number of benzene rings is 2. The Morgan fingerprint density at radius 1 is 0.621 bits per heavy atom. The maximum atomic E-state index is 12.4. The van der Waals surface area contributed by atoms with E-state index >= 15 is 0 Å². The topological polar surface area (TPSA) is 201 Å². The second-order valence-corrected chi connectivity index (χ2v) is 11.9. The zero-order chi connectivity index (χ0) is 22.3. The molecule has 0 fully saturated rings. The molecule has 2 aromatic carbocycles. The van der Waals surface area contributed by atoms with Gasteiger partial charge in [-0.3, -0.25) is 18.5 Å². The molecule has 0 bridgehead atoms. The van der Waals surface area contributed by atoms with Gasteiger partial charge in [0.25, 0.3) is 30.3 Å². The molecule has 0 radical (unpaired) electrons. The lowest BCUT2D eigenvalue weighted by Gasteiger charge is -2.11. The predicted octanol–water partition coefficient (Wildman–Crippen LogP) is 0.352. The minimum absolute atomic E-state index is 0.0773. The van der Waals surface area contributed by atoms with Crippen LogP contribution in [0.4, 0.5) is 11.4 Å². The molecule has 0 aliphatic carbocycles. The summed E-state index contributed by atoms with van der Waals surface area (Å²) < 4.78 is 115. The van der Waals surface area contributed by atoms with E-state index < -0.39 is 55.8 Å². The van der Waals surface area contributed by atoms with E-state index in [-0.39, 0.29) is 10.6 Å². The second kappa shape index (κ2) is 7.54. The molecule has 0 spiro atoms. The van der Waals surface area contributed by atoms with Crippen molar-refractivity contribution in [3.63, 3.8) is 0 Å². The summed E-state index contributed by atoms with van der Waals surface area (Å²) >= 11 is 0. The number of rotatable bonds is 7. The van der Waals surface area contributed by atoms with E-state index in [0.717, 1.165) is 30.5 Å². The van der Waals surface area contributed by atoms with Gasteiger partial charge in [0.2, 0.25) is 10.0 Å². The lowest BCUT2D eigenvalue weighted by molar-refractivity contribution is 0.481. The molecule has 12 nitrogen and oxygen atoms in total. The second-order valence-electron chi connectivity index (χ2n) is 5.65. The first-order valence-corrected chi connectivity index (χ1v) is 13.4. The Hall–Kier alpha value is -2.24. The molecule has 0 amide bonds. The lowest BCUT2D eigenvalue weighted by Crippen LogP contribution is -2.15. The van der Waals surface area contributed by atoms with E-state index in [2.05, 4.69) is 4.72 Å². The van der Waals surface area contributed by atoms with Crippen LogP contribution in [0.15, 0.2) is 57.2 Å². The molecule has 0 heterocycles. The highest BCUT2D eigenvalue weighted by Gasteiger charge is 2.21. The molecule has 0 unspecified atom stereocenters. The van der Waals surface area contributed by atoms with Gasteiger partial charge in [0.1, 0.15) is 0 Å². The first-order chi connectivity index (χ1) is 13.0. The highest BCUT2D eigenvalue weighted by atomic mass is 32.2. The van der Waals surface area contributed by atoms with E-state index in [9.17, 15) is 33.7 Å². The molecular weight excluding hydrogens is 472 g/mol. The van der Waals surface area contributed by atoms with Gasteiger partial charge in [-0.1, -0.05) is 0 Å². The third-order valence-corrected chi connectivity index (χ3v) is 6.86. The van der Waals surface area contributed by atoms with Crippen molar-refractivity contribution in [3.8, 4) is 0 Å². The molecule has 160 valence electrons. The van der Waals surface area contributed by atoms with Gasteiger partial charge < -0.3 is 0 Å². The van der Waals surface area contributed by atoms with Crippen LogP contribution in [0.3, 0.4) is 0 Å². The number of hydrogen-bond donors (Lipinski definition) is 4. The van der Waals surface area contributed by atoms with Crippen molar-refractivity contribution in [1.29, 1.82) is 0 Å². The van der Waals surface area contributed by atoms with Gasteiger partial charge in [-0.2, -0.15) is 16.8 Å². The zero-order valence-corrected chi connectivity index (χ0v) is 17.6. The normalized spacial score (nSPS) is 13.1. The van der Waals surface area contributed by atoms with Gasteiger partial charge in [-0.25, -0.2) is 16.8 Å². The van der Waals surface area contributed by atoms with Crippen LogP contribution < -0.4 is 9.44 Å². The molecule has 2 rings (SSSR count). The fraction of sp³-hybridized carbons (Fsp3) is 0.0769. The molecule has 29 heavy (non-hydrogen) atoms. The van der Waals surface area contributed by atoms with Crippen molar-refractivity contribution >= 4 is 51.7 Å². The summed E-state index contributed by atoms with van der Waals surface area (Å²) in [6.45, 7) is 0. The fourth-order valence-corrected chi connectivity index (χ4v) is 4.84. The molecule has 0 aliphatic rings. The van der Waals surface area contributed by atoms with Crippen LogP contribution in [0.5, 0.6) is 0 Å². The number of sulfonamides is 2. The summed E-state index contributed by atoms with van der Waals surface area (Å²) in [7, 11) is -17.8. The van der Waals surface area contributed by atoms with Crippen LogP contribution in [0.25, 0.3) is 0 Å². The van der Waals surface area contributed by atoms with E-state index in [0.29, 0.717) is 18.2 Å². The molecule has 0 aliphatic heterocycles. The summed E-state index contributed by atoms with van der Waals surface area (Å²) in [4.78, 5) is -2.32. The van der Waals surface area contributed by atoms with E-state index in [1.807, 2.05) is 4.72 Å². The summed E-state index contributed by atoms with van der Waals surface area (Å²) in [6, 6.07) is 6.08. The van der Waals surface area contributed by atoms with Crippen LogP contribution in [0.2, 0.25) is 0 Å². The van der Waals surface area contributed by atoms with Gasteiger partial charge in [-0.15, -0.1) is 0 Å². The van der Waals surface area contributed by atoms with Crippen LogP contribution in [-0.4, -0.2) is 49.0 Å². The first kappa shape index (κ1) is 23.0. The van der Waals surface area contributed by atoms with Crippen LogP contribution in [0, 0.1) is 0 Å². The third kappa shape index (κ3) is 6.38. The fourth-order valence-electron chi connectivity index (χ4n) is 2.06. The molecule has 2 aromatic rings. The van der Waals surface area contributed by atoms with Crippen molar-refractivity contribution in [1.82, 2.24) is 0 Å². The minimum atomic E-state index is -4.93. The molecule has 0 atom stereocenters. The third-order valence-electron chi connectivity index (χ3n) is 3.20. The smallest absolute Gasteiger partial charge is 0.284 e. The Morgan fingerprint density at radius 3 is 1.45 bits per heavy atom. The van der Waals surface area contributed by atoms with Gasteiger partial charge in [-0.05, 0) is 42.5 Å². The van der Waals surface area contributed by atoms with Crippen molar-refractivity contribution in [2.45, 2.75) is 14.7 Å². The number of nitrogens with one attached hydrogen (secondary N) is 2. The van der Waals surface area contributed by atoms with Gasteiger partial charge in [0, 0.05) is 5.69 Å². The van der Waals surface area contributed by atoms with Crippen molar-refractivity contribution in [3.05, 3.63) is 42.5 Å². The molecule has 0 saturated heterocycles. The largest absolute Gasteiger partial charge is 0.294 e.